The Hall–Kier alpha value is -3.73. The summed E-state index contributed by atoms with van der Waals surface area (Å²) < 4.78 is 13.9. The zero-order chi connectivity index (χ0) is 22.4. The molecule has 5 heteroatoms. The first-order valence-corrected chi connectivity index (χ1v) is 9.36. The number of hydrogen-bond donors (Lipinski definition) is 3. The largest absolute Gasteiger partial charge is 0.398 e. The summed E-state index contributed by atoms with van der Waals surface area (Å²) in [7, 11) is 0. The van der Waals surface area contributed by atoms with Crippen LogP contribution in [-0.2, 0) is 4.79 Å². The Morgan fingerprint density at radius 2 is 1.83 bits per heavy atom. The molecule has 4 N–H and O–H groups in total. The first-order valence-electron chi connectivity index (χ1n) is 9.36. The van der Waals surface area contributed by atoms with Crippen molar-refractivity contribution in [2.24, 2.45) is 0 Å². The molecule has 0 saturated carbocycles. The highest BCUT2D eigenvalue weighted by Gasteiger charge is 2.14. The SMILES string of the molecule is C=C/C(=C\C(=C(/C(=C)C)c1ccc(F)c(C)c1)c1ccc(N)c(C=N)c1)NC(C)=O. The number of benzene rings is 2. The van der Waals surface area contributed by atoms with Gasteiger partial charge in [0.2, 0.25) is 5.91 Å². The number of halogens is 1. The Balaban J connectivity index is 2.92. The van der Waals surface area contributed by atoms with Gasteiger partial charge in [0.15, 0.2) is 0 Å². The maximum absolute atomic E-state index is 13.9. The lowest BCUT2D eigenvalue weighted by molar-refractivity contribution is -0.118. The fraction of sp³-hybridized carbons (Fsp3) is 0.120. The van der Waals surface area contributed by atoms with Gasteiger partial charge in [-0.2, -0.15) is 0 Å². The molecule has 2 aromatic rings. The molecule has 0 bridgehead atoms. The van der Waals surface area contributed by atoms with Gasteiger partial charge in [-0.05, 0) is 83.7 Å². The van der Waals surface area contributed by atoms with Crippen LogP contribution in [0.4, 0.5) is 10.1 Å². The van der Waals surface area contributed by atoms with Crippen LogP contribution in [0.2, 0.25) is 0 Å². The average Bonchev–Trinajstić information content (AvgIpc) is 2.69. The summed E-state index contributed by atoms with van der Waals surface area (Å²) in [6.45, 7) is 12.9. The molecule has 0 spiro atoms. The van der Waals surface area contributed by atoms with Crippen LogP contribution in [0.25, 0.3) is 11.1 Å². The van der Waals surface area contributed by atoms with Crippen molar-refractivity contribution in [3.8, 4) is 0 Å². The summed E-state index contributed by atoms with van der Waals surface area (Å²) in [5.41, 5.74) is 11.9. The van der Waals surface area contributed by atoms with Gasteiger partial charge in [0.25, 0.3) is 0 Å². The van der Waals surface area contributed by atoms with Crippen molar-refractivity contribution < 1.29 is 9.18 Å². The van der Waals surface area contributed by atoms with Crippen molar-refractivity contribution in [3.05, 3.63) is 101 Å². The molecule has 0 aliphatic rings. The summed E-state index contributed by atoms with van der Waals surface area (Å²) in [6, 6.07) is 10.2. The van der Waals surface area contributed by atoms with Crippen molar-refractivity contribution in [1.82, 2.24) is 5.32 Å². The van der Waals surface area contributed by atoms with Crippen LogP contribution in [0.1, 0.15) is 36.1 Å². The van der Waals surface area contributed by atoms with Gasteiger partial charge in [-0.25, -0.2) is 4.39 Å². The summed E-state index contributed by atoms with van der Waals surface area (Å²) in [5.74, 6) is -0.520. The molecular formula is C25H26FN3O. The minimum Gasteiger partial charge on any atom is -0.398 e. The van der Waals surface area contributed by atoms with E-state index in [4.69, 9.17) is 11.1 Å². The van der Waals surface area contributed by atoms with Crippen LogP contribution < -0.4 is 11.1 Å². The number of nitrogen functional groups attached to an aromatic ring is 1. The lowest BCUT2D eigenvalue weighted by Gasteiger charge is -2.17. The third-order valence-electron chi connectivity index (χ3n) is 4.54. The summed E-state index contributed by atoms with van der Waals surface area (Å²) >= 11 is 0. The topological polar surface area (TPSA) is 79.0 Å². The lowest BCUT2D eigenvalue weighted by atomic mass is 9.88. The van der Waals surface area contributed by atoms with Crippen molar-refractivity contribution in [2.45, 2.75) is 20.8 Å². The molecule has 1 amide bonds. The molecule has 154 valence electrons. The minimum absolute atomic E-state index is 0.229. The van der Waals surface area contributed by atoms with E-state index in [0.29, 0.717) is 22.5 Å². The Morgan fingerprint density at radius 1 is 1.17 bits per heavy atom. The van der Waals surface area contributed by atoms with Crippen molar-refractivity contribution in [3.63, 3.8) is 0 Å². The third-order valence-corrected chi connectivity index (χ3v) is 4.54. The third kappa shape index (κ3) is 5.20. The molecule has 2 aromatic carbocycles. The average molecular weight is 404 g/mol. The standard InChI is InChI=1S/C25H26FN3O/c1-6-21(29-17(5)30)13-22(18-8-10-24(28)20(12-18)14-27)25(15(2)3)19-7-9-23(26)16(4)11-19/h6-14,27H,1-2,28H2,3-5H3,(H,29,30)/b21-13+,25-22-,27-14?. The first kappa shape index (κ1) is 22.6. The predicted molar refractivity (Wildman–Crippen MR) is 124 cm³/mol. The Morgan fingerprint density at radius 3 is 2.37 bits per heavy atom. The van der Waals surface area contributed by atoms with Crippen LogP contribution >= 0.6 is 0 Å². The zero-order valence-electron chi connectivity index (χ0n) is 17.5. The second-order valence-corrected chi connectivity index (χ2v) is 7.01. The lowest BCUT2D eigenvalue weighted by Crippen LogP contribution is -2.17. The van der Waals surface area contributed by atoms with Gasteiger partial charge in [-0.15, -0.1) is 0 Å². The molecule has 0 aromatic heterocycles. The molecule has 0 fully saturated rings. The fourth-order valence-corrected chi connectivity index (χ4v) is 3.10. The predicted octanol–water partition coefficient (Wildman–Crippen LogP) is 5.41. The van der Waals surface area contributed by atoms with Crippen LogP contribution in [0, 0.1) is 18.2 Å². The summed E-state index contributed by atoms with van der Waals surface area (Å²) in [4.78, 5) is 11.6. The number of aryl methyl sites for hydroxylation is 1. The van der Waals surface area contributed by atoms with Crippen molar-refractivity contribution in [1.29, 1.82) is 5.41 Å². The molecule has 0 heterocycles. The highest BCUT2D eigenvalue weighted by molar-refractivity contribution is 6.03. The molecule has 4 nitrogen and oxygen atoms in total. The molecule has 0 radical (unpaired) electrons. The molecule has 2 rings (SSSR count). The molecule has 0 saturated heterocycles. The first-order chi connectivity index (χ1) is 14.2. The van der Waals surface area contributed by atoms with Gasteiger partial charge >= 0.3 is 0 Å². The van der Waals surface area contributed by atoms with Crippen molar-refractivity contribution in [2.75, 3.05) is 5.73 Å². The minimum atomic E-state index is -0.291. The van der Waals surface area contributed by atoms with E-state index in [1.807, 2.05) is 13.0 Å². The highest BCUT2D eigenvalue weighted by Crippen LogP contribution is 2.34. The van der Waals surface area contributed by atoms with Gasteiger partial charge < -0.3 is 16.5 Å². The van der Waals surface area contributed by atoms with Gasteiger partial charge in [0, 0.05) is 30.1 Å². The van der Waals surface area contributed by atoms with Gasteiger partial charge in [-0.1, -0.05) is 25.3 Å². The number of hydrogen-bond acceptors (Lipinski definition) is 3. The van der Waals surface area contributed by atoms with E-state index in [1.54, 1.807) is 43.3 Å². The quantitative estimate of drug-likeness (QED) is 0.250. The van der Waals surface area contributed by atoms with E-state index in [2.05, 4.69) is 18.5 Å². The fourth-order valence-electron chi connectivity index (χ4n) is 3.10. The smallest absolute Gasteiger partial charge is 0.221 e. The Labute approximate surface area is 176 Å². The number of anilines is 1. The van der Waals surface area contributed by atoms with E-state index < -0.39 is 0 Å². The molecule has 0 unspecified atom stereocenters. The monoisotopic (exact) mass is 403 g/mol. The summed E-state index contributed by atoms with van der Waals surface area (Å²) in [6.07, 6.45) is 4.52. The van der Waals surface area contributed by atoms with E-state index in [-0.39, 0.29) is 11.7 Å². The van der Waals surface area contributed by atoms with Crippen LogP contribution in [0.3, 0.4) is 0 Å². The number of nitrogens with one attached hydrogen (secondary N) is 2. The van der Waals surface area contributed by atoms with Crippen LogP contribution in [-0.4, -0.2) is 12.1 Å². The molecule has 0 atom stereocenters. The van der Waals surface area contributed by atoms with Gasteiger partial charge in [0.05, 0.1) is 0 Å². The molecular weight excluding hydrogens is 377 g/mol. The zero-order valence-corrected chi connectivity index (χ0v) is 17.5. The number of nitrogens with two attached hydrogens (primary N) is 1. The maximum Gasteiger partial charge on any atom is 0.221 e. The van der Waals surface area contributed by atoms with Crippen LogP contribution in [0.5, 0.6) is 0 Å². The number of carbonyl (C=O) groups is 1. The second kappa shape index (κ2) is 9.65. The van der Waals surface area contributed by atoms with E-state index in [9.17, 15) is 9.18 Å². The number of rotatable bonds is 7. The van der Waals surface area contributed by atoms with E-state index in [1.165, 1.54) is 19.2 Å². The number of allylic oxidation sites excluding steroid dienone is 5. The summed E-state index contributed by atoms with van der Waals surface area (Å²) in [5, 5.41) is 10.4. The molecule has 0 aliphatic carbocycles. The number of amides is 1. The number of carbonyl (C=O) groups excluding carboxylic acids is 1. The van der Waals surface area contributed by atoms with Gasteiger partial charge in [0.1, 0.15) is 5.82 Å². The van der Waals surface area contributed by atoms with E-state index in [0.717, 1.165) is 27.8 Å². The Kier molecular flexibility index (Phi) is 7.26. The van der Waals surface area contributed by atoms with E-state index >= 15 is 0 Å². The molecule has 30 heavy (non-hydrogen) atoms. The Bertz CT molecular complexity index is 1090. The van der Waals surface area contributed by atoms with Crippen molar-refractivity contribution >= 4 is 29.0 Å². The van der Waals surface area contributed by atoms with Crippen LogP contribution in [0.15, 0.2) is 73.0 Å². The highest BCUT2D eigenvalue weighted by atomic mass is 19.1. The molecule has 0 aliphatic heterocycles. The van der Waals surface area contributed by atoms with Gasteiger partial charge in [-0.3, -0.25) is 4.79 Å². The normalized spacial score (nSPS) is 12.1. The second-order valence-electron chi connectivity index (χ2n) is 7.01. The maximum atomic E-state index is 13.9.